The van der Waals surface area contributed by atoms with Crippen molar-refractivity contribution in [2.45, 2.75) is 19.7 Å². The lowest BCUT2D eigenvalue weighted by molar-refractivity contribution is 0.403. The average molecular weight is 258 g/mol. The minimum absolute atomic E-state index is 0.213. The van der Waals surface area contributed by atoms with E-state index in [1.807, 2.05) is 0 Å². The molecular weight excluding hydrogens is 248 g/mol. The van der Waals surface area contributed by atoms with E-state index in [1.165, 1.54) is 13.8 Å². The second kappa shape index (κ2) is 4.20. The predicted molar refractivity (Wildman–Crippen MR) is 58.1 cm³/mol. The van der Waals surface area contributed by atoms with Crippen LogP contribution in [0.25, 0.3) is 0 Å². The van der Waals surface area contributed by atoms with Gasteiger partial charge in [0.1, 0.15) is 11.6 Å². The fraction of sp³-hybridized carbons (Fsp3) is 0.333. The Morgan fingerprint density at radius 1 is 1.35 bits per heavy atom. The van der Waals surface area contributed by atoms with E-state index in [1.54, 1.807) is 6.07 Å². The van der Waals surface area contributed by atoms with Gasteiger partial charge in [-0.15, -0.1) is 0 Å². The lowest BCUT2D eigenvalue weighted by Crippen LogP contribution is -2.27. The Bertz CT molecular complexity index is 666. The molecule has 0 aliphatic rings. The number of pyridine rings is 1. The summed E-state index contributed by atoms with van der Waals surface area (Å²) in [6.07, 6.45) is 0. The van der Waals surface area contributed by atoms with E-state index in [0.29, 0.717) is 4.57 Å². The average Bonchev–Trinajstić information content (AvgIpc) is 2.21. The third-order valence-corrected chi connectivity index (χ3v) is 2.98. The Hall–Kier alpha value is -1.85. The first-order valence-electron chi connectivity index (χ1n) is 4.47. The van der Waals surface area contributed by atoms with Crippen LogP contribution in [0.3, 0.4) is 0 Å². The second-order valence-electron chi connectivity index (χ2n) is 3.50. The van der Waals surface area contributed by atoms with E-state index >= 15 is 0 Å². The molecule has 0 aromatic carbocycles. The molecule has 17 heavy (non-hydrogen) atoms. The molecule has 0 amide bonds. The Morgan fingerprint density at radius 3 is 2.29 bits per heavy atom. The zero-order valence-corrected chi connectivity index (χ0v) is 9.95. The number of hydrogen-bond donors (Lipinski definition) is 2. The summed E-state index contributed by atoms with van der Waals surface area (Å²) in [4.78, 5) is 11.7. The zero-order chi connectivity index (χ0) is 13.4. The smallest absolute Gasteiger partial charge is 0.283 e. The van der Waals surface area contributed by atoms with Crippen LogP contribution in [0.15, 0.2) is 4.79 Å². The van der Waals surface area contributed by atoms with E-state index in [-0.39, 0.29) is 16.7 Å². The van der Waals surface area contributed by atoms with Crippen molar-refractivity contribution in [2.75, 3.05) is 0 Å². The van der Waals surface area contributed by atoms with Gasteiger partial charge in [0.2, 0.25) is 0 Å². The molecule has 0 radical (unpaired) electrons. The maximum atomic E-state index is 11.7. The quantitative estimate of drug-likeness (QED) is 0.714. The minimum Gasteiger partial charge on any atom is -0.494 e. The topological polar surface area (TPSA) is 120 Å². The van der Waals surface area contributed by atoms with Gasteiger partial charge < -0.3 is 5.11 Å². The monoisotopic (exact) mass is 258 g/mol. The van der Waals surface area contributed by atoms with Crippen LogP contribution in [0.2, 0.25) is 0 Å². The van der Waals surface area contributed by atoms with Crippen LogP contribution >= 0.6 is 0 Å². The van der Waals surface area contributed by atoms with Crippen molar-refractivity contribution in [1.29, 1.82) is 5.26 Å². The van der Waals surface area contributed by atoms with Crippen LogP contribution in [0.5, 0.6) is 5.88 Å². The maximum Gasteiger partial charge on any atom is 0.283 e. The molecule has 0 aliphatic heterocycles. The van der Waals surface area contributed by atoms with E-state index in [4.69, 9.17) is 9.81 Å². The number of hydrogen-bond acceptors (Lipinski definition) is 5. The highest BCUT2D eigenvalue weighted by Crippen LogP contribution is 2.20. The molecular formula is C9H10N2O5S. The van der Waals surface area contributed by atoms with Crippen molar-refractivity contribution in [2.24, 2.45) is 0 Å². The first-order chi connectivity index (χ1) is 7.69. The van der Waals surface area contributed by atoms with Gasteiger partial charge in [0.25, 0.3) is 15.7 Å². The number of aromatic nitrogens is 1. The molecule has 1 aromatic heterocycles. The molecule has 1 heterocycles. The molecule has 0 atom stereocenters. The summed E-state index contributed by atoms with van der Waals surface area (Å²) in [5.41, 5.74) is -0.721. The van der Waals surface area contributed by atoms with Crippen molar-refractivity contribution in [3.8, 4) is 11.9 Å². The van der Waals surface area contributed by atoms with Gasteiger partial charge >= 0.3 is 0 Å². The summed E-state index contributed by atoms with van der Waals surface area (Å²) in [7, 11) is -4.48. The summed E-state index contributed by atoms with van der Waals surface area (Å²) < 4.78 is 30.5. The Labute approximate surface area is 97.3 Å². The van der Waals surface area contributed by atoms with Crippen molar-refractivity contribution in [3.63, 3.8) is 0 Å². The van der Waals surface area contributed by atoms with Crippen molar-refractivity contribution >= 4 is 10.1 Å². The van der Waals surface area contributed by atoms with Crippen LogP contribution in [0.1, 0.15) is 16.7 Å². The largest absolute Gasteiger partial charge is 0.494 e. The van der Waals surface area contributed by atoms with Gasteiger partial charge in [0.05, 0.1) is 0 Å². The fourth-order valence-corrected chi connectivity index (χ4v) is 1.93. The number of aromatic hydroxyl groups is 1. The lowest BCUT2D eigenvalue weighted by atomic mass is 10.1. The van der Waals surface area contributed by atoms with Crippen molar-refractivity contribution in [1.82, 2.24) is 4.57 Å². The van der Waals surface area contributed by atoms with Gasteiger partial charge in [-0.2, -0.15) is 13.7 Å². The fourth-order valence-electron chi connectivity index (χ4n) is 1.36. The number of nitriles is 1. The van der Waals surface area contributed by atoms with Crippen LogP contribution < -0.4 is 5.56 Å². The van der Waals surface area contributed by atoms with Gasteiger partial charge in [-0.25, -0.2) is 0 Å². The molecule has 7 nitrogen and oxygen atoms in total. The molecule has 0 saturated carbocycles. The standard InChI is InChI=1S/C9H10N2O5S/c1-5-6(2)8(12)11(4-17(14,15)16)9(13)7(5)3-10/h12H,4H2,1-2H3,(H,14,15,16). The van der Waals surface area contributed by atoms with Gasteiger partial charge in [0.15, 0.2) is 11.8 Å². The van der Waals surface area contributed by atoms with Gasteiger partial charge in [-0.3, -0.25) is 13.9 Å². The van der Waals surface area contributed by atoms with E-state index in [2.05, 4.69) is 0 Å². The molecule has 0 fully saturated rings. The molecule has 0 unspecified atom stereocenters. The highest BCUT2D eigenvalue weighted by atomic mass is 32.2. The Kier molecular flexibility index (Phi) is 3.26. The highest BCUT2D eigenvalue weighted by Gasteiger charge is 2.19. The molecule has 0 bridgehead atoms. The zero-order valence-electron chi connectivity index (χ0n) is 9.13. The normalized spacial score (nSPS) is 11.2. The molecule has 8 heteroatoms. The summed E-state index contributed by atoms with van der Waals surface area (Å²) in [6.45, 7) is 2.90. The van der Waals surface area contributed by atoms with Crippen LogP contribution in [-0.4, -0.2) is 22.6 Å². The van der Waals surface area contributed by atoms with Crippen molar-refractivity contribution in [3.05, 3.63) is 27.0 Å². The second-order valence-corrected chi connectivity index (χ2v) is 4.93. The van der Waals surface area contributed by atoms with Crippen LogP contribution in [0.4, 0.5) is 0 Å². The lowest BCUT2D eigenvalue weighted by Gasteiger charge is -2.12. The third-order valence-electron chi connectivity index (χ3n) is 2.39. The Balaban J connectivity index is 3.70. The van der Waals surface area contributed by atoms with E-state index < -0.39 is 27.4 Å². The van der Waals surface area contributed by atoms with Gasteiger partial charge in [-0.05, 0) is 19.4 Å². The SMILES string of the molecule is Cc1c(C)c(O)n(CS(=O)(=O)O)c(=O)c1C#N. The maximum absolute atomic E-state index is 11.7. The van der Waals surface area contributed by atoms with Gasteiger partial charge in [0, 0.05) is 5.56 Å². The summed E-state index contributed by atoms with van der Waals surface area (Å²) in [6, 6.07) is 1.64. The number of rotatable bonds is 2. The Morgan fingerprint density at radius 2 is 1.88 bits per heavy atom. The first kappa shape index (κ1) is 13.2. The van der Waals surface area contributed by atoms with Crippen LogP contribution in [-0.2, 0) is 16.0 Å². The van der Waals surface area contributed by atoms with Crippen molar-refractivity contribution < 1.29 is 18.1 Å². The molecule has 0 saturated heterocycles. The molecule has 2 N–H and O–H groups in total. The first-order valence-corrected chi connectivity index (χ1v) is 6.08. The molecule has 92 valence electrons. The molecule has 1 rings (SSSR count). The molecule has 1 aromatic rings. The van der Waals surface area contributed by atoms with E-state index in [9.17, 15) is 18.3 Å². The van der Waals surface area contributed by atoms with Crippen LogP contribution in [0, 0.1) is 25.2 Å². The molecule has 0 spiro atoms. The summed E-state index contributed by atoms with van der Waals surface area (Å²) in [5.74, 6) is -1.67. The molecule has 0 aliphatic carbocycles. The van der Waals surface area contributed by atoms with E-state index in [0.717, 1.165) is 0 Å². The summed E-state index contributed by atoms with van der Waals surface area (Å²) >= 11 is 0. The summed E-state index contributed by atoms with van der Waals surface area (Å²) in [5, 5.41) is 18.4. The minimum atomic E-state index is -4.48. The van der Waals surface area contributed by atoms with Gasteiger partial charge in [-0.1, -0.05) is 0 Å². The highest BCUT2D eigenvalue weighted by molar-refractivity contribution is 7.84. The third kappa shape index (κ3) is 2.46. The predicted octanol–water partition coefficient (Wildman–Crippen LogP) is -0.112. The number of nitrogens with zero attached hydrogens (tertiary/aromatic N) is 2.